The smallest absolute Gasteiger partial charge is 0.417 e. The first kappa shape index (κ1) is 17.1. The number of fused-ring (bicyclic) bond motifs is 5. The van der Waals surface area contributed by atoms with E-state index in [1.165, 1.54) is 12.1 Å². The van der Waals surface area contributed by atoms with Crippen LogP contribution in [0.1, 0.15) is 29.5 Å². The largest absolute Gasteiger partial charge is 0.508 e. The number of hydrogen-bond donors (Lipinski definition) is 2. The first-order chi connectivity index (χ1) is 13.4. The molecule has 0 saturated heterocycles. The summed E-state index contributed by atoms with van der Waals surface area (Å²) >= 11 is 0. The molecule has 0 unspecified atom stereocenters. The average molecular weight is 382 g/mol. The van der Waals surface area contributed by atoms with Crippen LogP contribution in [0.25, 0.3) is 33.1 Å². The third kappa shape index (κ3) is 2.55. The lowest BCUT2D eigenvalue weighted by molar-refractivity contribution is -0.137. The van der Waals surface area contributed by atoms with Crippen LogP contribution in [0.5, 0.6) is 5.75 Å². The molecule has 0 fully saturated rings. The lowest BCUT2D eigenvalue weighted by Gasteiger charge is -2.24. The highest BCUT2D eigenvalue weighted by molar-refractivity contribution is 6.08. The van der Waals surface area contributed by atoms with Crippen molar-refractivity contribution in [1.82, 2.24) is 9.97 Å². The number of aromatic nitrogens is 2. The molecule has 5 rings (SSSR count). The number of aryl methyl sites for hydroxylation is 1. The Bertz CT molecular complexity index is 1220. The second-order valence-corrected chi connectivity index (χ2v) is 7.26. The fraction of sp³-hybridized carbons (Fsp3) is 0.227. The number of rotatable bonds is 1. The molecular weight excluding hydrogens is 365 g/mol. The number of H-pyrrole nitrogens is 1. The highest BCUT2D eigenvalue weighted by Gasteiger charge is 2.35. The van der Waals surface area contributed by atoms with Crippen molar-refractivity contribution in [3.05, 3.63) is 59.3 Å². The van der Waals surface area contributed by atoms with Gasteiger partial charge in [-0.05, 0) is 73.2 Å². The maximum atomic E-state index is 13.7. The second kappa shape index (κ2) is 5.99. The van der Waals surface area contributed by atoms with E-state index in [1.54, 1.807) is 6.20 Å². The van der Waals surface area contributed by atoms with Crippen LogP contribution >= 0.6 is 0 Å². The van der Waals surface area contributed by atoms with Crippen LogP contribution < -0.4 is 0 Å². The maximum absolute atomic E-state index is 13.7. The Labute approximate surface area is 158 Å². The van der Waals surface area contributed by atoms with Gasteiger partial charge in [-0.1, -0.05) is 0 Å². The van der Waals surface area contributed by atoms with E-state index in [1.807, 2.05) is 18.2 Å². The minimum atomic E-state index is -4.56. The first-order valence-corrected chi connectivity index (χ1v) is 9.25. The quantitative estimate of drug-likeness (QED) is 0.425. The molecule has 0 atom stereocenters. The van der Waals surface area contributed by atoms with Crippen molar-refractivity contribution in [2.45, 2.75) is 31.9 Å². The predicted molar refractivity (Wildman–Crippen MR) is 102 cm³/mol. The zero-order valence-corrected chi connectivity index (χ0v) is 14.9. The molecule has 142 valence electrons. The topological polar surface area (TPSA) is 48.9 Å². The number of halogens is 3. The number of nitrogens with zero attached hydrogens (tertiary/aromatic N) is 1. The highest BCUT2D eigenvalue weighted by Crippen LogP contribution is 2.43. The third-order valence-electron chi connectivity index (χ3n) is 5.59. The number of benzene rings is 2. The van der Waals surface area contributed by atoms with E-state index < -0.39 is 17.5 Å². The van der Waals surface area contributed by atoms with E-state index in [0.717, 1.165) is 64.7 Å². The van der Waals surface area contributed by atoms with Crippen molar-refractivity contribution >= 4 is 21.8 Å². The standard InChI is InChI=1S/C22H17F3N2O/c23-22(24,25)17-11-12(28)5-6-15(17)21-14-4-2-1-3-13(14)20-16-9-10-26-18(16)7-8-19(20)27-21/h5-11,27-28H,1-4H2. The highest BCUT2D eigenvalue weighted by atomic mass is 19.4. The molecule has 2 aromatic carbocycles. The van der Waals surface area contributed by atoms with Crippen LogP contribution in [0.3, 0.4) is 0 Å². The summed E-state index contributed by atoms with van der Waals surface area (Å²) in [5, 5.41) is 11.7. The summed E-state index contributed by atoms with van der Waals surface area (Å²) in [7, 11) is 0. The summed E-state index contributed by atoms with van der Waals surface area (Å²) < 4.78 is 41.1. The van der Waals surface area contributed by atoms with Gasteiger partial charge in [0.15, 0.2) is 0 Å². The normalized spacial score (nSPS) is 14.5. The Balaban J connectivity index is 1.89. The Morgan fingerprint density at radius 3 is 2.54 bits per heavy atom. The molecule has 0 aliphatic heterocycles. The Kier molecular flexibility index (Phi) is 3.66. The summed E-state index contributed by atoms with van der Waals surface area (Å²) in [4.78, 5) is 7.64. The molecular formula is C22H17F3N2O. The van der Waals surface area contributed by atoms with Crippen molar-refractivity contribution in [1.29, 1.82) is 0 Å². The number of aromatic hydroxyl groups is 1. The van der Waals surface area contributed by atoms with Crippen LogP contribution in [-0.4, -0.2) is 15.1 Å². The summed E-state index contributed by atoms with van der Waals surface area (Å²) in [6.07, 6.45) is 0.704. The minimum absolute atomic E-state index is 0.0751. The van der Waals surface area contributed by atoms with Gasteiger partial charge in [-0.25, -0.2) is 0 Å². The molecule has 28 heavy (non-hydrogen) atoms. The van der Waals surface area contributed by atoms with Gasteiger partial charge in [0.1, 0.15) is 5.75 Å². The summed E-state index contributed by atoms with van der Waals surface area (Å²) in [5.74, 6) is -0.393. The van der Waals surface area contributed by atoms with Crippen molar-refractivity contribution in [2.24, 2.45) is 0 Å². The molecule has 1 aliphatic carbocycles. The molecule has 0 spiro atoms. The minimum Gasteiger partial charge on any atom is -0.508 e. The molecule has 0 saturated carbocycles. The van der Waals surface area contributed by atoms with Gasteiger partial charge in [0.05, 0.1) is 11.1 Å². The molecule has 0 radical (unpaired) electrons. The Morgan fingerprint density at radius 2 is 1.75 bits per heavy atom. The lowest BCUT2D eigenvalue weighted by atomic mass is 9.84. The SMILES string of the molecule is Oc1ccc(-c2[nH]c3ccc4nccc4c3c3c2CCCC3)c(C(F)(F)F)c1. The van der Waals surface area contributed by atoms with E-state index in [4.69, 9.17) is 0 Å². The van der Waals surface area contributed by atoms with Gasteiger partial charge < -0.3 is 10.1 Å². The maximum Gasteiger partial charge on any atom is 0.417 e. The van der Waals surface area contributed by atoms with Crippen LogP contribution in [0.4, 0.5) is 13.2 Å². The molecule has 1 aliphatic rings. The zero-order valence-electron chi connectivity index (χ0n) is 14.9. The van der Waals surface area contributed by atoms with Gasteiger partial charge in [-0.15, -0.1) is 0 Å². The third-order valence-corrected chi connectivity index (χ3v) is 5.59. The molecule has 2 heterocycles. The molecule has 0 bridgehead atoms. The summed E-state index contributed by atoms with van der Waals surface area (Å²) in [6.45, 7) is 0. The van der Waals surface area contributed by atoms with E-state index in [9.17, 15) is 18.3 Å². The van der Waals surface area contributed by atoms with Crippen LogP contribution in [-0.2, 0) is 19.0 Å². The number of nitrogens with one attached hydrogen (secondary N) is 1. The van der Waals surface area contributed by atoms with Crippen molar-refractivity contribution in [3.63, 3.8) is 0 Å². The van der Waals surface area contributed by atoms with Gasteiger partial charge in [0.25, 0.3) is 0 Å². The summed E-state index contributed by atoms with van der Waals surface area (Å²) in [6, 6.07) is 9.19. The number of aromatic amines is 1. The molecule has 6 heteroatoms. The number of alkyl halides is 3. The van der Waals surface area contributed by atoms with Crippen LogP contribution in [0.2, 0.25) is 0 Å². The van der Waals surface area contributed by atoms with Gasteiger partial charge in [0, 0.05) is 33.7 Å². The predicted octanol–water partition coefficient (Wildman–Crippen LogP) is 5.99. The van der Waals surface area contributed by atoms with E-state index in [0.29, 0.717) is 5.69 Å². The molecule has 2 N–H and O–H groups in total. The van der Waals surface area contributed by atoms with Crippen molar-refractivity contribution in [2.75, 3.05) is 0 Å². The molecule has 0 amide bonds. The van der Waals surface area contributed by atoms with E-state index in [2.05, 4.69) is 9.97 Å². The zero-order chi connectivity index (χ0) is 19.5. The van der Waals surface area contributed by atoms with Crippen LogP contribution in [0.15, 0.2) is 42.6 Å². The second-order valence-electron chi connectivity index (χ2n) is 7.26. The molecule has 3 nitrogen and oxygen atoms in total. The van der Waals surface area contributed by atoms with Gasteiger partial charge >= 0.3 is 6.18 Å². The lowest BCUT2D eigenvalue weighted by Crippen LogP contribution is -2.12. The fourth-order valence-electron chi connectivity index (χ4n) is 4.39. The molecule has 4 aromatic rings. The van der Waals surface area contributed by atoms with E-state index in [-0.39, 0.29) is 5.56 Å². The van der Waals surface area contributed by atoms with Crippen molar-refractivity contribution < 1.29 is 18.3 Å². The van der Waals surface area contributed by atoms with Crippen molar-refractivity contribution in [3.8, 4) is 17.0 Å². The summed E-state index contributed by atoms with van der Waals surface area (Å²) in [5.41, 5.74) is 3.48. The first-order valence-electron chi connectivity index (χ1n) is 9.25. The fourth-order valence-corrected chi connectivity index (χ4v) is 4.39. The number of phenolic OH excluding ortho intramolecular Hbond substituents is 1. The monoisotopic (exact) mass is 382 g/mol. The Hall–Kier alpha value is -3.02. The van der Waals surface area contributed by atoms with E-state index >= 15 is 0 Å². The average Bonchev–Trinajstić information content (AvgIpc) is 3.15. The van der Waals surface area contributed by atoms with Gasteiger partial charge in [-0.3, -0.25) is 4.98 Å². The number of phenols is 1. The van der Waals surface area contributed by atoms with Crippen LogP contribution in [0, 0.1) is 0 Å². The number of hydrogen-bond acceptors (Lipinski definition) is 2. The Morgan fingerprint density at radius 1 is 0.964 bits per heavy atom. The number of pyridine rings is 1. The van der Waals surface area contributed by atoms with Gasteiger partial charge in [-0.2, -0.15) is 13.2 Å². The molecule has 2 aromatic heterocycles. The van der Waals surface area contributed by atoms with Gasteiger partial charge in [0.2, 0.25) is 0 Å².